The molecule has 1 aliphatic heterocycles. The van der Waals surface area contributed by atoms with Gasteiger partial charge in [-0.05, 0) is 104 Å². The number of thiocarbonyl (C=S) groups is 1. The Kier molecular flexibility index (Phi) is 6.60. The van der Waals surface area contributed by atoms with Crippen LogP contribution in [0.2, 0.25) is 0 Å². The maximum atomic E-state index is 13.4. The summed E-state index contributed by atoms with van der Waals surface area (Å²) in [6, 6.07) is 9.74. The number of hydrogen-bond donors (Lipinski definition) is 1. The lowest BCUT2D eigenvalue weighted by molar-refractivity contribution is -0.122. The zero-order chi connectivity index (χ0) is 22.9. The van der Waals surface area contributed by atoms with Crippen molar-refractivity contribution in [1.29, 1.82) is 0 Å². The van der Waals surface area contributed by atoms with Crippen molar-refractivity contribution in [3.63, 3.8) is 0 Å². The van der Waals surface area contributed by atoms with E-state index >= 15 is 0 Å². The molecule has 1 saturated heterocycles. The number of hydrogen-bond acceptors (Lipinski definition) is 4. The number of anilines is 1. The highest BCUT2D eigenvalue weighted by Crippen LogP contribution is 2.32. The second kappa shape index (κ2) is 9.02. The highest BCUT2D eigenvalue weighted by atomic mass is 32.1. The van der Waals surface area contributed by atoms with Gasteiger partial charge in [-0.25, -0.2) is 0 Å². The molecule has 1 heterocycles. The maximum Gasteiger partial charge on any atom is 0.270 e. The average Bonchev–Trinajstić information content (AvgIpc) is 2.65. The summed E-state index contributed by atoms with van der Waals surface area (Å²) in [5, 5.41) is 2.75. The van der Waals surface area contributed by atoms with E-state index in [0.29, 0.717) is 12.3 Å². The Bertz CT molecular complexity index is 1080. The number of amides is 2. The van der Waals surface area contributed by atoms with Crippen molar-refractivity contribution < 1.29 is 14.3 Å². The molecule has 2 amide bonds. The van der Waals surface area contributed by atoms with Crippen LogP contribution >= 0.6 is 12.2 Å². The van der Waals surface area contributed by atoms with E-state index in [-0.39, 0.29) is 16.6 Å². The molecule has 0 aromatic heterocycles. The van der Waals surface area contributed by atoms with Crippen LogP contribution in [0.25, 0.3) is 6.08 Å². The van der Waals surface area contributed by atoms with Crippen LogP contribution in [-0.2, 0) is 9.59 Å². The van der Waals surface area contributed by atoms with Gasteiger partial charge in [0.25, 0.3) is 11.8 Å². The van der Waals surface area contributed by atoms with Crippen molar-refractivity contribution >= 4 is 40.9 Å². The number of benzene rings is 2. The van der Waals surface area contributed by atoms with E-state index in [4.69, 9.17) is 17.0 Å². The van der Waals surface area contributed by atoms with Gasteiger partial charge >= 0.3 is 0 Å². The zero-order valence-electron chi connectivity index (χ0n) is 18.8. The number of aryl methyl sites for hydroxylation is 3. The number of carbonyl (C=O) groups is 2. The molecule has 6 heteroatoms. The number of nitrogens with zero attached hydrogens (tertiary/aromatic N) is 1. The lowest BCUT2D eigenvalue weighted by atomic mass is 9.94. The van der Waals surface area contributed by atoms with Crippen LogP contribution in [0.4, 0.5) is 5.69 Å². The Balaban J connectivity index is 2.09. The van der Waals surface area contributed by atoms with Crippen LogP contribution in [0.15, 0.2) is 35.9 Å². The Morgan fingerprint density at radius 1 is 1.06 bits per heavy atom. The largest absolute Gasteiger partial charge is 0.494 e. The summed E-state index contributed by atoms with van der Waals surface area (Å²) in [5.74, 6) is 0.136. The van der Waals surface area contributed by atoms with Gasteiger partial charge in [0.1, 0.15) is 11.3 Å². The first kappa shape index (κ1) is 22.7. The van der Waals surface area contributed by atoms with Crippen LogP contribution in [0, 0.1) is 20.8 Å². The second-order valence-electron chi connectivity index (χ2n) is 8.14. The Labute approximate surface area is 189 Å². The van der Waals surface area contributed by atoms with Crippen LogP contribution in [0.3, 0.4) is 0 Å². The number of rotatable bonds is 5. The van der Waals surface area contributed by atoms with Gasteiger partial charge in [0.2, 0.25) is 0 Å². The van der Waals surface area contributed by atoms with Gasteiger partial charge in [-0.3, -0.25) is 19.8 Å². The van der Waals surface area contributed by atoms with Gasteiger partial charge in [0.05, 0.1) is 12.3 Å². The third-order valence-corrected chi connectivity index (χ3v) is 5.47. The van der Waals surface area contributed by atoms with Crippen LogP contribution < -0.4 is 15.0 Å². The molecule has 1 N–H and O–H groups in total. The maximum absolute atomic E-state index is 13.4. The second-order valence-corrected chi connectivity index (χ2v) is 8.52. The minimum absolute atomic E-state index is 0.0507. The Morgan fingerprint density at radius 2 is 1.71 bits per heavy atom. The predicted octanol–water partition coefficient (Wildman–Crippen LogP) is 4.97. The molecule has 0 spiro atoms. The van der Waals surface area contributed by atoms with Gasteiger partial charge in [-0.1, -0.05) is 19.9 Å². The molecule has 2 aromatic carbocycles. The topological polar surface area (TPSA) is 58.6 Å². The molecule has 0 saturated carbocycles. The summed E-state index contributed by atoms with van der Waals surface area (Å²) >= 11 is 5.32. The third-order valence-electron chi connectivity index (χ3n) is 5.19. The predicted molar refractivity (Wildman–Crippen MR) is 129 cm³/mol. The Hall–Kier alpha value is -2.99. The van der Waals surface area contributed by atoms with Crippen LogP contribution in [0.1, 0.15) is 54.5 Å². The summed E-state index contributed by atoms with van der Waals surface area (Å²) < 4.78 is 5.79. The van der Waals surface area contributed by atoms with E-state index in [2.05, 4.69) is 19.2 Å². The summed E-state index contributed by atoms with van der Waals surface area (Å²) in [6.45, 7) is 12.6. The summed E-state index contributed by atoms with van der Waals surface area (Å²) in [7, 11) is 0. The number of nitrogens with one attached hydrogen (secondary N) is 1. The summed E-state index contributed by atoms with van der Waals surface area (Å²) in [5.41, 5.74) is 5.48. The van der Waals surface area contributed by atoms with Gasteiger partial charge in [0.15, 0.2) is 5.11 Å². The first-order valence-corrected chi connectivity index (χ1v) is 10.8. The fourth-order valence-electron chi connectivity index (χ4n) is 3.73. The molecular formula is C25H28N2O3S. The fourth-order valence-corrected chi connectivity index (χ4v) is 4.01. The number of ether oxygens (including phenoxy) is 1. The SMILES string of the molecule is CCOc1cc(C)c(C=C2C(=O)NC(=S)N(c3cc(C)cc(C)c3)C2=O)cc1C(C)C. The molecule has 0 radical (unpaired) electrons. The zero-order valence-corrected chi connectivity index (χ0v) is 19.6. The average molecular weight is 437 g/mol. The van der Waals surface area contributed by atoms with E-state index < -0.39 is 11.8 Å². The fraction of sp³-hybridized carbons (Fsp3) is 0.320. The van der Waals surface area contributed by atoms with E-state index in [1.807, 2.05) is 58.0 Å². The molecule has 3 rings (SSSR count). The minimum Gasteiger partial charge on any atom is -0.494 e. The molecule has 0 unspecified atom stereocenters. The summed E-state index contributed by atoms with van der Waals surface area (Å²) in [6.07, 6.45) is 1.64. The van der Waals surface area contributed by atoms with Gasteiger partial charge in [-0.15, -0.1) is 0 Å². The van der Waals surface area contributed by atoms with Crippen LogP contribution in [-0.4, -0.2) is 23.5 Å². The van der Waals surface area contributed by atoms with Crippen molar-refractivity contribution in [2.75, 3.05) is 11.5 Å². The molecule has 2 aromatic rings. The third kappa shape index (κ3) is 4.69. The van der Waals surface area contributed by atoms with E-state index in [1.54, 1.807) is 6.08 Å². The van der Waals surface area contributed by atoms with E-state index in [0.717, 1.165) is 33.6 Å². The van der Waals surface area contributed by atoms with Crippen LogP contribution in [0.5, 0.6) is 5.75 Å². The monoisotopic (exact) mass is 436 g/mol. The Morgan fingerprint density at radius 3 is 2.29 bits per heavy atom. The van der Waals surface area contributed by atoms with Gasteiger partial charge < -0.3 is 4.74 Å². The summed E-state index contributed by atoms with van der Waals surface area (Å²) in [4.78, 5) is 27.4. The highest BCUT2D eigenvalue weighted by molar-refractivity contribution is 7.80. The molecule has 162 valence electrons. The number of carbonyl (C=O) groups excluding carboxylic acids is 2. The molecule has 1 aliphatic rings. The molecule has 0 bridgehead atoms. The molecule has 5 nitrogen and oxygen atoms in total. The molecule has 1 fully saturated rings. The van der Waals surface area contributed by atoms with E-state index in [9.17, 15) is 9.59 Å². The van der Waals surface area contributed by atoms with Crippen molar-refractivity contribution in [3.05, 3.63) is 63.7 Å². The first-order chi connectivity index (χ1) is 14.6. The van der Waals surface area contributed by atoms with E-state index in [1.165, 1.54) is 4.90 Å². The smallest absolute Gasteiger partial charge is 0.270 e. The first-order valence-electron chi connectivity index (χ1n) is 10.4. The standard InChI is InChI=1S/C25H28N2O3S/c1-7-30-22-11-17(6)18(12-20(22)14(2)3)13-21-23(28)26-25(31)27(24(21)29)19-9-15(4)8-16(5)10-19/h8-14H,7H2,1-6H3,(H,26,28,31). The van der Waals surface area contributed by atoms with Gasteiger partial charge in [0, 0.05) is 0 Å². The lowest BCUT2D eigenvalue weighted by Gasteiger charge is -2.29. The normalized spacial score (nSPS) is 15.6. The van der Waals surface area contributed by atoms with Crippen molar-refractivity contribution in [1.82, 2.24) is 5.32 Å². The highest BCUT2D eigenvalue weighted by Gasteiger charge is 2.34. The van der Waals surface area contributed by atoms with Crippen molar-refractivity contribution in [2.24, 2.45) is 0 Å². The molecule has 0 aliphatic carbocycles. The lowest BCUT2D eigenvalue weighted by Crippen LogP contribution is -2.54. The van der Waals surface area contributed by atoms with Crippen molar-refractivity contribution in [2.45, 2.75) is 47.5 Å². The van der Waals surface area contributed by atoms with Gasteiger partial charge in [-0.2, -0.15) is 0 Å². The molecular weight excluding hydrogens is 408 g/mol. The quantitative estimate of drug-likeness (QED) is 0.409. The van der Waals surface area contributed by atoms with Crippen molar-refractivity contribution in [3.8, 4) is 5.75 Å². The minimum atomic E-state index is -0.491. The molecule has 0 atom stereocenters. The molecule has 31 heavy (non-hydrogen) atoms.